The third-order valence-electron chi connectivity index (χ3n) is 2.46. The number of sulfonamides is 1. The third kappa shape index (κ3) is 4.41. The molecule has 0 saturated heterocycles. The molecule has 0 amide bonds. The quantitative estimate of drug-likeness (QED) is 0.611. The van der Waals surface area contributed by atoms with Crippen LogP contribution in [-0.4, -0.2) is 30.6 Å². The molecular formula is C11H15ClN2O5S. The second-order valence-electron chi connectivity index (χ2n) is 4.48. The molecule has 112 valence electrons. The van der Waals surface area contributed by atoms with Crippen LogP contribution in [0.4, 0.5) is 5.69 Å². The van der Waals surface area contributed by atoms with Gasteiger partial charge in [-0.05, 0) is 32.4 Å². The average molecular weight is 323 g/mol. The van der Waals surface area contributed by atoms with Gasteiger partial charge < -0.3 is 5.11 Å². The lowest BCUT2D eigenvalue weighted by molar-refractivity contribution is -0.387. The first-order chi connectivity index (χ1) is 9.13. The van der Waals surface area contributed by atoms with Gasteiger partial charge in [0.2, 0.25) is 10.0 Å². The molecule has 9 heteroatoms. The summed E-state index contributed by atoms with van der Waals surface area (Å²) in [7, 11) is -4.06. The van der Waals surface area contributed by atoms with Gasteiger partial charge in [0.1, 0.15) is 0 Å². The van der Waals surface area contributed by atoms with Gasteiger partial charge in [0.05, 0.1) is 11.0 Å². The summed E-state index contributed by atoms with van der Waals surface area (Å²) < 4.78 is 26.5. The van der Waals surface area contributed by atoms with Crippen LogP contribution in [0.2, 0.25) is 5.02 Å². The maximum atomic E-state index is 12.1. The zero-order chi connectivity index (χ0) is 15.5. The molecule has 0 spiro atoms. The Bertz CT molecular complexity index is 603. The van der Waals surface area contributed by atoms with Gasteiger partial charge in [-0.2, -0.15) is 0 Å². The van der Waals surface area contributed by atoms with Crippen LogP contribution in [0.3, 0.4) is 0 Å². The molecule has 2 N–H and O–H groups in total. The van der Waals surface area contributed by atoms with Crippen molar-refractivity contribution in [3.63, 3.8) is 0 Å². The summed E-state index contributed by atoms with van der Waals surface area (Å²) in [6.07, 6.45) is -0.492. The summed E-state index contributed by atoms with van der Waals surface area (Å²) in [5, 5.41) is 20.2. The average Bonchev–Trinajstić information content (AvgIpc) is 2.26. The summed E-state index contributed by atoms with van der Waals surface area (Å²) in [6.45, 7) is 3.08. The standard InChI is InChI=1S/C11H15ClN2O5S/c1-7(5-8(2)15)13-20(18,19)11-4-3-9(12)6-10(11)14(16)17/h3-4,6-8,13,15H,5H2,1-2H3. The predicted octanol–water partition coefficient (Wildman–Crippen LogP) is 1.69. The first-order valence-corrected chi connectivity index (χ1v) is 7.64. The molecule has 0 aromatic heterocycles. The van der Waals surface area contributed by atoms with Gasteiger partial charge >= 0.3 is 0 Å². The molecule has 7 nitrogen and oxygen atoms in total. The molecule has 2 atom stereocenters. The lowest BCUT2D eigenvalue weighted by Crippen LogP contribution is -2.35. The third-order valence-corrected chi connectivity index (χ3v) is 4.33. The van der Waals surface area contributed by atoms with Crippen molar-refractivity contribution >= 4 is 27.3 Å². The molecule has 0 fully saturated rings. The molecule has 1 aromatic carbocycles. The molecule has 0 aliphatic heterocycles. The normalized spacial score (nSPS) is 14.8. The van der Waals surface area contributed by atoms with Gasteiger partial charge in [-0.3, -0.25) is 10.1 Å². The van der Waals surface area contributed by atoms with E-state index in [1.807, 2.05) is 0 Å². The molecule has 0 aliphatic rings. The van der Waals surface area contributed by atoms with Gasteiger partial charge in [-0.1, -0.05) is 11.6 Å². The van der Waals surface area contributed by atoms with Crippen molar-refractivity contribution in [3.8, 4) is 0 Å². The van der Waals surface area contributed by atoms with Gasteiger partial charge in [0.25, 0.3) is 5.69 Å². The number of nitro benzene ring substituents is 1. The van der Waals surface area contributed by atoms with Crippen LogP contribution in [0.1, 0.15) is 20.3 Å². The fraction of sp³-hybridized carbons (Fsp3) is 0.455. The molecule has 1 aromatic rings. The Labute approximate surface area is 121 Å². The SMILES string of the molecule is CC(O)CC(C)NS(=O)(=O)c1ccc(Cl)cc1[N+](=O)[O-]. The summed E-state index contributed by atoms with van der Waals surface area (Å²) in [5.74, 6) is 0. The monoisotopic (exact) mass is 322 g/mol. The van der Waals surface area contributed by atoms with E-state index in [9.17, 15) is 23.6 Å². The van der Waals surface area contributed by atoms with Crippen molar-refractivity contribution in [1.82, 2.24) is 4.72 Å². The zero-order valence-electron chi connectivity index (χ0n) is 10.9. The molecule has 0 radical (unpaired) electrons. The van der Waals surface area contributed by atoms with Gasteiger partial charge in [-0.25, -0.2) is 13.1 Å². The van der Waals surface area contributed by atoms with Crippen LogP contribution in [0.25, 0.3) is 0 Å². The van der Waals surface area contributed by atoms with Gasteiger partial charge in [-0.15, -0.1) is 0 Å². The molecule has 2 unspecified atom stereocenters. The van der Waals surface area contributed by atoms with Crippen molar-refractivity contribution in [1.29, 1.82) is 0 Å². The Morgan fingerprint density at radius 1 is 1.45 bits per heavy atom. The Kier molecular flexibility index (Phi) is 5.46. The van der Waals surface area contributed by atoms with Crippen LogP contribution < -0.4 is 4.72 Å². The number of hydrogen-bond acceptors (Lipinski definition) is 5. The Morgan fingerprint density at radius 2 is 2.05 bits per heavy atom. The smallest absolute Gasteiger partial charge is 0.290 e. The number of nitrogens with one attached hydrogen (secondary N) is 1. The summed E-state index contributed by atoms with van der Waals surface area (Å²) in [4.78, 5) is 9.64. The molecule has 0 heterocycles. The largest absolute Gasteiger partial charge is 0.393 e. The molecule has 1 rings (SSSR count). The van der Waals surface area contributed by atoms with Crippen LogP contribution in [0, 0.1) is 10.1 Å². The zero-order valence-corrected chi connectivity index (χ0v) is 12.5. The Hall–Kier alpha value is -1.22. The van der Waals surface area contributed by atoms with E-state index in [-0.39, 0.29) is 11.4 Å². The number of nitrogens with zero attached hydrogens (tertiary/aromatic N) is 1. The highest BCUT2D eigenvalue weighted by Crippen LogP contribution is 2.27. The minimum absolute atomic E-state index is 0.0766. The topological polar surface area (TPSA) is 110 Å². The van der Waals surface area contributed by atoms with E-state index in [0.29, 0.717) is 0 Å². The minimum Gasteiger partial charge on any atom is -0.393 e. The van der Waals surface area contributed by atoms with Crippen molar-refractivity contribution in [2.24, 2.45) is 0 Å². The Balaban J connectivity index is 3.13. The minimum atomic E-state index is -4.06. The second-order valence-corrected chi connectivity index (χ2v) is 6.60. The van der Waals surface area contributed by atoms with Crippen LogP contribution in [-0.2, 0) is 10.0 Å². The highest BCUT2D eigenvalue weighted by atomic mass is 35.5. The van der Waals surface area contributed by atoms with Gasteiger partial charge in [0.15, 0.2) is 4.90 Å². The molecule has 20 heavy (non-hydrogen) atoms. The van der Waals surface area contributed by atoms with Crippen molar-refractivity contribution < 1.29 is 18.4 Å². The van der Waals surface area contributed by atoms with Crippen LogP contribution in [0.5, 0.6) is 0 Å². The first kappa shape index (κ1) is 16.8. The Morgan fingerprint density at radius 3 is 2.55 bits per heavy atom. The number of rotatable bonds is 6. The van der Waals surface area contributed by atoms with E-state index >= 15 is 0 Å². The van der Waals surface area contributed by atoms with E-state index in [2.05, 4.69) is 4.72 Å². The number of halogens is 1. The molecule has 0 bridgehead atoms. The lowest BCUT2D eigenvalue weighted by atomic mass is 10.2. The lowest BCUT2D eigenvalue weighted by Gasteiger charge is -2.15. The number of aliphatic hydroxyl groups excluding tert-OH is 1. The van der Waals surface area contributed by atoms with Crippen LogP contribution >= 0.6 is 11.6 Å². The van der Waals surface area contributed by atoms with E-state index in [0.717, 1.165) is 12.1 Å². The highest BCUT2D eigenvalue weighted by Gasteiger charge is 2.27. The van der Waals surface area contributed by atoms with E-state index < -0.39 is 37.7 Å². The maximum Gasteiger partial charge on any atom is 0.290 e. The van der Waals surface area contributed by atoms with E-state index in [1.165, 1.54) is 13.0 Å². The van der Waals surface area contributed by atoms with Gasteiger partial charge in [0, 0.05) is 17.1 Å². The number of aliphatic hydroxyl groups is 1. The summed E-state index contributed by atoms with van der Waals surface area (Å²) >= 11 is 5.63. The fourth-order valence-corrected chi connectivity index (χ4v) is 3.32. The summed E-state index contributed by atoms with van der Waals surface area (Å²) in [6, 6.07) is 2.77. The molecular weight excluding hydrogens is 308 g/mol. The van der Waals surface area contributed by atoms with Crippen molar-refractivity contribution in [3.05, 3.63) is 33.3 Å². The molecule has 0 aliphatic carbocycles. The molecule has 0 saturated carbocycles. The fourth-order valence-electron chi connectivity index (χ4n) is 1.75. The van der Waals surface area contributed by atoms with Crippen molar-refractivity contribution in [2.75, 3.05) is 0 Å². The van der Waals surface area contributed by atoms with E-state index in [4.69, 9.17) is 11.6 Å². The van der Waals surface area contributed by atoms with E-state index in [1.54, 1.807) is 6.92 Å². The number of nitro groups is 1. The maximum absolute atomic E-state index is 12.1. The summed E-state index contributed by atoms with van der Waals surface area (Å²) in [5.41, 5.74) is -0.589. The first-order valence-electron chi connectivity index (χ1n) is 5.78. The predicted molar refractivity (Wildman–Crippen MR) is 74.2 cm³/mol. The highest BCUT2D eigenvalue weighted by molar-refractivity contribution is 7.89. The number of benzene rings is 1. The van der Waals surface area contributed by atoms with Crippen molar-refractivity contribution in [2.45, 2.75) is 37.3 Å². The van der Waals surface area contributed by atoms with Crippen LogP contribution in [0.15, 0.2) is 23.1 Å². The second kappa shape index (κ2) is 6.49. The number of hydrogen-bond donors (Lipinski definition) is 2.